The van der Waals surface area contributed by atoms with Gasteiger partial charge in [-0.1, -0.05) is 48.5 Å². The van der Waals surface area contributed by atoms with Gasteiger partial charge in [0.2, 0.25) is 0 Å². The standard InChI is InChI=1S/C18H17NOS/c21-13-16(14-6-2-1-3-7-14)12-20-17-10-4-8-15-9-5-11-19-18(15)17/h1-11,16,21H,12-13H2. The Kier molecular flexibility index (Phi) is 4.41. The fraction of sp³-hybridized carbons (Fsp3) is 0.167. The summed E-state index contributed by atoms with van der Waals surface area (Å²) in [6.45, 7) is 0.600. The third-order valence-electron chi connectivity index (χ3n) is 3.53. The van der Waals surface area contributed by atoms with Crippen LogP contribution in [0.3, 0.4) is 0 Å². The van der Waals surface area contributed by atoms with Crippen LogP contribution in [0.4, 0.5) is 0 Å². The maximum Gasteiger partial charge on any atom is 0.145 e. The van der Waals surface area contributed by atoms with Gasteiger partial charge >= 0.3 is 0 Å². The highest BCUT2D eigenvalue weighted by molar-refractivity contribution is 7.80. The summed E-state index contributed by atoms with van der Waals surface area (Å²) < 4.78 is 6.02. The molecule has 0 fully saturated rings. The van der Waals surface area contributed by atoms with Crippen LogP contribution in [0.1, 0.15) is 11.5 Å². The Morgan fingerprint density at radius 1 is 0.952 bits per heavy atom. The van der Waals surface area contributed by atoms with Gasteiger partial charge in [-0.25, -0.2) is 0 Å². The van der Waals surface area contributed by atoms with Crippen LogP contribution in [0.15, 0.2) is 66.9 Å². The molecule has 1 atom stereocenters. The average molecular weight is 295 g/mol. The molecule has 0 saturated heterocycles. The van der Waals surface area contributed by atoms with Crippen molar-refractivity contribution in [3.63, 3.8) is 0 Å². The fourth-order valence-electron chi connectivity index (χ4n) is 2.36. The van der Waals surface area contributed by atoms with E-state index in [0.29, 0.717) is 6.61 Å². The van der Waals surface area contributed by atoms with E-state index in [1.165, 1.54) is 5.56 Å². The zero-order valence-electron chi connectivity index (χ0n) is 11.6. The Labute approximate surface area is 130 Å². The molecule has 0 aliphatic rings. The van der Waals surface area contributed by atoms with Gasteiger partial charge in [0.1, 0.15) is 11.3 Å². The van der Waals surface area contributed by atoms with Gasteiger partial charge in [-0.2, -0.15) is 12.6 Å². The largest absolute Gasteiger partial charge is 0.491 e. The van der Waals surface area contributed by atoms with Gasteiger partial charge < -0.3 is 4.74 Å². The second-order valence-corrected chi connectivity index (χ2v) is 5.30. The number of para-hydroxylation sites is 1. The number of hydrogen-bond donors (Lipinski definition) is 1. The summed E-state index contributed by atoms with van der Waals surface area (Å²) in [7, 11) is 0. The molecule has 0 saturated carbocycles. The summed E-state index contributed by atoms with van der Waals surface area (Å²) in [5, 5.41) is 1.09. The molecule has 0 aliphatic heterocycles. The first kappa shape index (κ1) is 14.0. The Hall–Kier alpha value is -2.00. The lowest BCUT2D eigenvalue weighted by Gasteiger charge is -2.16. The normalized spacial score (nSPS) is 12.2. The van der Waals surface area contributed by atoms with E-state index >= 15 is 0 Å². The maximum atomic E-state index is 6.02. The van der Waals surface area contributed by atoms with Crippen molar-refractivity contribution >= 4 is 23.5 Å². The molecule has 2 aromatic carbocycles. The van der Waals surface area contributed by atoms with Gasteiger partial charge in [-0.3, -0.25) is 4.98 Å². The summed E-state index contributed by atoms with van der Waals surface area (Å²) in [6.07, 6.45) is 1.79. The van der Waals surface area contributed by atoms with Gasteiger partial charge in [0.05, 0.1) is 6.61 Å². The summed E-state index contributed by atoms with van der Waals surface area (Å²) in [5.41, 5.74) is 2.16. The molecule has 0 aliphatic carbocycles. The molecule has 0 amide bonds. The molecular weight excluding hydrogens is 278 g/mol. The first-order valence-electron chi connectivity index (χ1n) is 7.01. The molecule has 3 rings (SSSR count). The van der Waals surface area contributed by atoms with Crippen molar-refractivity contribution in [1.82, 2.24) is 4.98 Å². The Balaban J connectivity index is 1.79. The van der Waals surface area contributed by atoms with Crippen LogP contribution in [0.25, 0.3) is 10.9 Å². The number of nitrogens with zero attached hydrogens (tertiary/aromatic N) is 1. The number of pyridine rings is 1. The molecule has 2 nitrogen and oxygen atoms in total. The van der Waals surface area contributed by atoms with Gasteiger partial charge in [0.15, 0.2) is 0 Å². The quantitative estimate of drug-likeness (QED) is 0.708. The van der Waals surface area contributed by atoms with Crippen molar-refractivity contribution in [3.8, 4) is 5.75 Å². The first-order chi connectivity index (χ1) is 10.4. The van der Waals surface area contributed by atoms with E-state index in [0.717, 1.165) is 22.4 Å². The molecule has 0 N–H and O–H groups in total. The molecule has 1 heterocycles. The fourth-order valence-corrected chi connectivity index (χ4v) is 2.68. The number of aromatic nitrogens is 1. The van der Waals surface area contributed by atoms with E-state index < -0.39 is 0 Å². The number of ether oxygens (including phenoxy) is 1. The zero-order valence-corrected chi connectivity index (χ0v) is 12.5. The second kappa shape index (κ2) is 6.64. The minimum atomic E-state index is 0.272. The molecule has 106 valence electrons. The van der Waals surface area contributed by atoms with Gasteiger partial charge in [-0.15, -0.1) is 0 Å². The maximum absolute atomic E-state index is 6.02. The van der Waals surface area contributed by atoms with Crippen LogP contribution < -0.4 is 4.74 Å². The van der Waals surface area contributed by atoms with Crippen molar-refractivity contribution in [3.05, 3.63) is 72.4 Å². The SMILES string of the molecule is SCC(COc1cccc2cccnc12)c1ccccc1. The molecule has 1 aromatic heterocycles. The highest BCUT2D eigenvalue weighted by Crippen LogP contribution is 2.25. The number of hydrogen-bond acceptors (Lipinski definition) is 3. The number of benzene rings is 2. The zero-order chi connectivity index (χ0) is 14.5. The number of rotatable bonds is 5. The summed E-state index contributed by atoms with van der Waals surface area (Å²) in [4.78, 5) is 4.41. The Morgan fingerprint density at radius 3 is 2.57 bits per heavy atom. The molecule has 3 aromatic rings. The minimum absolute atomic E-state index is 0.272. The first-order valence-corrected chi connectivity index (χ1v) is 7.64. The lowest BCUT2D eigenvalue weighted by molar-refractivity contribution is 0.300. The number of thiol groups is 1. The van der Waals surface area contributed by atoms with E-state index in [9.17, 15) is 0 Å². The van der Waals surface area contributed by atoms with Crippen molar-refractivity contribution in [2.45, 2.75) is 5.92 Å². The van der Waals surface area contributed by atoms with Crippen LogP contribution >= 0.6 is 12.6 Å². The average Bonchev–Trinajstić information content (AvgIpc) is 2.56. The smallest absolute Gasteiger partial charge is 0.145 e. The molecule has 0 bridgehead atoms. The highest BCUT2D eigenvalue weighted by atomic mass is 32.1. The van der Waals surface area contributed by atoms with Gasteiger partial charge in [0, 0.05) is 23.3 Å². The van der Waals surface area contributed by atoms with Crippen LogP contribution in [-0.2, 0) is 0 Å². The molecule has 1 unspecified atom stereocenters. The minimum Gasteiger partial charge on any atom is -0.491 e. The number of fused-ring (bicyclic) bond motifs is 1. The van der Waals surface area contributed by atoms with Crippen LogP contribution in [0, 0.1) is 0 Å². The predicted molar refractivity (Wildman–Crippen MR) is 90.3 cm³/mol. The van der Waals surface area contributed by atoms with Gasteiger partial charge in [0.25, 0.3) is 0 Å². The van der Waals surface area contributed by atoms with Crippen LogP contribution in [0.5, 0.6) is 5.75 Å². The van der Waals surface area contributed by atoms with E-state index in [1.54, 1.807) is 6.20 Å². The molecular formula is C18H17NOS. The second-order valence-electron chi connectivity index (χ2n) is 4.93. The predicted octanol–water partition coefficient (Wildman–Crippen LogP) is 4.33. The summed E-state index contributed by atoms with van der Waals surface area (Å²) in [6, 6.07) is 20.3. The topological polar surface area (TPSA) is 22.1 Å². The summed E-state index contributed by atoms with van der Waals surface area (Å²) >= 11 is 4.45. The van der Waals surface area contributed by atoms with Crippen LogP contribution in [-0.4, -0.2) is 17.3 Å². The van der Waals surface area contributed by atoms with Crippen molar-refractivity contribution in [2.24, 2.45) is 0 Å². The third kappa shape index (κ3) is 3.19. The van der Waals surface area contributed by atoms with E-state index in [1.807, 2.05) is 48.5 Å². The van der Waals surface area contributed by atoms with Crippen molar-refractivity contribution in [2.75, 3.05) is 12.4 Å². The van der Waals surface area contributed by atoms with Gasteiger partial charge in [-0.05, 0) is 17.7 Å². The van der Waals surface area contributed by atoms with Crippen molar-refractivity contribution in [1.29, 1.82) is 0 Å². The van der Waals surface area contributed by atoms with E-state index in [2.05, 4.69) is 29.7 Å². The summed E-state index contributed by atoms with van der Waals surface area (Å²) in [5.74, 6) is 1.85. The Bertz CT molecular complexity index is 709. The molecule has 21 heavy (non-hydrogen) atoms. The Morgan fingerprint density at radius 2 is 1.76 bits per heavy atom. The van der Waals surface area contributed by atoms with Crippen molar-refractivity contribution < 1.29 is 4.74 Å². The molecule has 0 spiro atoms. The van der Waals surface area contributed by atoms with Crippen LogP contribution in [0.2, 0.25) is 0 Å². The highest BCUT2D eigenvalue weighted by Gasteiger charge is 2.11. The van der Waals surface area contributed by atoms with E-state index in [-0.39, 0.29) is 5.92 Å². The molecule has 3 heteroatoms. The van der Waals surface area contributed by atoms with E-state index in [4.69, 9.17) is 4.74 Å². The lowest BCUT2D eigenvalue weighted by Crippen LogP contribution is -2.12. The lowest BCUT2D eigenvalue weighted by atomic mass is 10.0. The molecule has 0 radical (unpaired) electrons. The monoisotopic (exact) mass is 295 g/mol. The third-order valence-corrected chi connectivity index (χ3v) is 3.97.